The van der Waals surface area contributed by atoms with E-state index in [4.69, 9.17) is 23.7 Å². The number of carbonyl (C=O) groups is 2. The van der Waals surface area contributed by atoms with Gasteiger partial charge in [-0.15, -0.1) is 0 Å². The van der Waals surface area contributed by atoms with Gasteiger partial charge < -0.3 is 29.0 Å². The van der Waals surface area contributed by atoms with Crippen molar-refractivity contribution in [2.24, 2.45) is 0 Å². The predicted molar refractivity (Wildman–Crippen MR) is 115 cm³/mol. The van der Waals surface area contributed by atoms with Crippen molar-refractivity contribution in [2.75, 3.05) is 34.0 Å². The number of hydrogen-bond acceptors (Lipinski definition) is 7. The van der Waals surface area contributed by atoms with E-state index < -0.39 is 5.97 Å². The highest BCUT2D eigenvalue weighted by Gasteiger charge is 2.19. The second-order valence-electron chi connectivity index (χ2n) is 6.31. The minimum Gasteiger partial charge on any atom is -0.496 e. The number of methoxy groups -OCH3 is 2. The van der Waals surface area contributed by atoms with E-state index in [9.17, 15) is 9.59 Å². The molecule has 0 saturated heterocycles. The lowest BCUT2D eigenvalue weighted by Gasteiger charge is -2.17. The fraction of sp³-hybridized carbons (Fsp3) is 0.391. The Morgan fingerprint density at radius 1 is 0.839 bits per heavy atom. The lowest BCUT2D eigenvalue weighted by Crippen LogP contribution is -2.23. The molecule has 31 heavy (non-hydrogen) atoms. The maximum absolute atomic E-state index is 12.8. The molecule has 1 amide bonds. The van der Waals surface area contributed by atoms with Gasteiger partial charge in [0.15, 0.2) is 11.5 Å². The van der Waals surface area contributed by atoms with Crippen LogP contribution in [0.3, 0.4) is 0 Å². The molecular weight excluding hydrogens is 402 g/mol. The number of rotatable bonds is 11. The van der Waals surface area contributed by atoms with Crippen LogP contribution in [0.25, 0.3) is 0 Å². The van der Waals surface area contributed by atoms with Crippen LogP contribution in [0.5, 0.6) is 23.0 Å². The predicted octanol–water partition coefficient (Wildman–Crippen LogP) is 3.61. The molecule has 0 saturated carbocycles. The lowest BCUT2D eigenvalue weighted by molar-refractivity contribution is 0.0597. The zero-order valence-corrected chi connectivity index (χ0v) is 18.6. The molecule has 0 spiro atoms. The summed E-state index contributed by atoms with van der Waals surface area (Å²) < 4.78 is 27.0. The van der Waals surface area contributed by atoms with Gasteiger partial charge in [0, 0.05) is 12.1 Å². The fourth-order valence-electron chi connectivity index (χ4n) is 2.94. The molecule has 0 aromatic heterocycles. The van der Waals surface area contributed by atoms with E-state index in [1.54, 1.807) is 30.3 Å². The molecule has 2 rings (SSSR count). The van der Waals surface area contributed by atoms with Gasteiger partial charge in [0.05, 0.1) is 34.0 Å². The van der Waals surface area contributed by atoms with E-state index >= 15 is 0 Å². The first-order valence-electron chi connectivity index (χ1n) is 10.1. The highest BCUT2D eigenvalue weighted by molar-refractivity contribution is 5.96. The molecule has 0 unspecified atom stereocenters. The molecule has 1 N–H and O–H groups in total. The monoisotopic (exact) mass is 431 g/mol. The Kier molecular flexibility index (Phi) is 8.99. The van der Waals surface area contributed by atoms with Crippen molar-refractivity contribution < 1.29 is 33.3 Å². The van der Waals surface area contributed by atoms with Gasteiger partial charge in [0.25, 0.3) is 5.91 Å². The van der Waals surface area contributed by atoms with Gasteiger partial charge >= 0.3 is 5.97 Å². The first kappa shape index (κ1) is 23.9. The molecular formula is C23H29NO7. The van der Waals surface area contributed by atoms with Crippen LogP contribution in [-0.2, 0) is 11.3 Å². The quantitative estimate of drug-likeness (QED) is 0.543. The van der Waals surface area contributed by atoms with Gasteiger partial charge in [-0.25, -0.2) is 4.79 Å². The summed E-state index contributed by atoms with van der Waals surface area (Å²) in [6, 6.07) is 8.30. The average Bonchev–Trinajstić information content (AvgIpc) is 2.78. The molecule has 2 aromatic carbocycles. The summed E-state index contributed by atoms with van der Waals surface area (Å²) in [5.74, 6) is 0.923. The smallest absolute Gasteiger partial charge is 0.341 e. The Morgan fingerprint density at radius 3 is 1.97 bits per heavy atom. The van der Waals surface area contributed by atoms with E-state index in [2.05, 4.69) is 5.32 Å². The van der Waals surface area contributed by atoms with Gasteiger partial charge in [0.1, 0.15) is 11.3 Å². The van der Waals surface area contributed by atoms with Crippen molar-refractivity contribution in [3.63, 3.8) is 0 Å². The number of hydrogen-bond donors (Lipinski definition) is 1. The Hall–Kier alpha value is -3.42. The molecule has 0 bridgehead atoms. The van der Waals surface area contributed by atoms with Crippen molar-refractivity contribution >= 4 is 11.9 Å². The Labute approximate surface area is 182 Å². The number of carbonyl (C=O) groups excluding carboxylic acids is 2. The molecule has 0 fully saturated rings. The summed E-state index contributed by atoms with van der Waals surface area (Å²) in [6.07, 6.45) is 0. The first-order valence-corrected chi connectivity index (χ1v) is 10.1. The van der Waals surface area contributed by atoms with Gasteiger partial charge in [-0.2, -0.15) is 0 Å². The molecule has 0 heterocycles. The molecule has 2 aromatic rings. The fourth-order valence-corrected chi connectivity index (χ4v) is 2.94. The minimum atomic E-state index is -0.515. The van der Waals surface area contributed by atoms with Crippen molar-refractivity contribution in [1.82, 2.24) is 5.32 Å². The van der Waals surface area contributed by atoms with Crippen LogP contribution in [0, 0.1) is 0 Å². The third kappa shape index (κ3) is 6.04. The SMILES string of the molecule is CCOc1cc(C(=O)NCc2ccc(OC)c(C(=O)OC)c2)cc(OCC)c1OCC. The van der Waals surface area contributed by atoms with Crippen LogP contribution < -0.4 is 24.3 Å². The van der Waals surface area contributed by atoms with Gasteiger partial charge in [0.2, 0.25) is 5.75 Å². The zero-order valence-electron chi connectivity index (χ0n) is 18.6. The van der Waals surface area contributed by atoms with E-state index in [-0.39, 0.29) is 18.0 Å². The van der Waals surface area contributed by atoms with Crippen LogP contribution in [0.15, 0.2) is 30.3 Å². The molecule has 0 radical (unpaired) electrons. The molecule has 8 heteroatoms. The standard InChI is InChI=1S/C23H29NO7/c1-6-29-19-12-16(13-20(30-7-2)21(19)31-8-3)22(25)24-14-15-9-10-18(27-4)17(11-15)23(26)28-5/h9-13H,6-8,14H2,1-5H3,(H,24,25). The van der Waals surface area contributed by atoms with E-state index in [1.807, 2.05) is 20.8 Å². The zero-order chi connectivity index (χ0) is 22.8. The Morgan fingerprint density at radius 2 is 1.45 bits per heavy atom. The van der Waals surface area contributed by atoms with Crippen LogP contribution in [0.2, 0.25) is 0 Å². The highest BCUT2D eigenvalue weighted by Crippen LogP contribution is 2.39. The number of nitrogens with one attached hydrogen (secondary N) is 1. The molecule has 8 nitrogen and oxygen atoms in total. The first-order chi connectivity index (χ1) is 15.0. The number of ether oxygens (including phenoxy) is 5. The maximum Gasteiger partial charge on any atom is 0.341 e. The Bertz CT molecular complexity index is 884. The summed E-state index contributed by atoms with van der Waals surface area (Å²) >= 11 is 0. The second kappa shape index (κ2) is 11.7. The van der Waals surface area contributed by atoms with Gasteiger partial charge in [-0.1, -0.05) is 6.07 Å². The van der Waals surface area contributed by atoms with Crippen LogP contribution in [0.1, 0.15) is 47.1 Å². The molecule has 168 valence electrons. The van der Waals surface area contributed by atoms with Gasteiger partial charge in [-0.05, 0) is 50.6 Å². The molecule has 0 aliphatic heterocycles. The maximum atomic E-state index is 12.8. The third-order valence-corrected chi connectivity index (χ3v) is 4.29. The van der Waals surface area contributed by atoms with Crippen molar-refractivity contribution in [3.05, 3.63) is 47.0 Å². The van der Waals surface area contributed by atoms with E-state index in [1.165, 1.54) is 14.2 Å². The van der Waals surface area contributed by atoms with Crippen molar-refractivity contribution in [3.8, 4) is 23.0 Å². The normalized spacial score (nSPS) is 10.2. The average molecular weight is 431 g/mol. The second-order valence-corrected chi connectivity index (χ2v) is 6.31. The molecule has 0 aliphatic carbocycles. The number of benzene rings is 2. The van der Waals surface area contributed by atoms with Crippen LogP contribution in [-0.4, -0.2) is 45.9 Å². The van der Waals surface area contributed by atoms with E-state index in [0.29, 0.717) is 48.4 Å². The molecule has 0 aliphatic rings. The third-order valence-electron chi connectivity index (χ3n) is 4.29. The lowest BCUT2D eigenvalue weighted by atomic mass is 10.1. The molecule has 0 atom stereocenters. The summed E-state index contributed by atoms with van der Waals surface area (Å²) in [4.78, 5) is 24.8. The number of esters is 1. The highest BCUT2D eigenvalue weighted by atomic mass is 16.5. The van der Waals surface area contributed by atoms with Crippen LogP contribution >= 0.6 is 0 Å². The minimum absolute atomic E-state index is 0.202. The summed E-state index contributed by atoms with van der Waals surface area (Å²) in [5, 5.41) is 2.84. The van der Waals surface area contributed by atoms with E-state index in [0.717, 1.165) is 5.56 Å². The number of amides is 1. The van der Waals surface area contributed by atoms with Crippen LogP contribution in [0.4, 0.5) is 0 Å². The topological polar surface area (TPSA) is 92.3 Å². The summed E-state index contributed by atoms with van der Waals surface area (Å²) in [5.41, 5.74) is 1.38. The van der Waals surface area contributed by atoms with Crippen molar-refractivity contribution in [2.45, 2.75) is 27.3 Å². The Balaban J connectivity index is 2.26. The van der Waals surface area contributed by atoms with Crippen molar-refractivity contribution in [1.29, 1.82) is 0 Å². The van der Waals surface area contributed by atoms with Gasteiger partial charge in [-0.3, -0.25) is 4.79 Å². The summed E-state index contributed by atoms with van der Waals surface area (Å²) in [6.45, 7) is 7.04. The summed E-state index contributed by atoms with van der Waals surface area (Å²) in [7, 11) is 2.77. The largest absolute Gasteiger partial charge is 0.496 e.